The van der Waals surface area contributed by atoms with E-state index < -0.39 is 12.4 Å². The van der Waals surface area contributed by atoms with E-state index in [0.29, 0.717) is 19.4 Å². The number of ether oxygens (including phenoxy) is 2. The number of alkyl halides is 3. The van der Waals surface area contributed by atoms with Crippen molar-refractivity contribution < 1.29 is 27.4 Å². The largest absolute Gasteiger partial charge is 0.573 e. The number of carbonyl (C=O) groups excluding carboxylic acids is 1. The third-order valence-corrected chi connectivity index (χ3v) is 2.88. The molecule has 0 saturated carbocycles. The van der Waals surface area contributed by atoms with E-state index in [4.69, 9.17) is 4.74 Å². The zero-order valence-electron chi connectivity index (χ0n) is 11.3. The minimum Gasteiger partial charge on any atom is -0.464 e. The third kappa shape index (κ3) is 4.77. The summed E-state index contributed by atoms with van der Waals surface area (Å²) in [5.74, 6) is -0.596. The van der Waals surface area contributed by atoms with Crippen LogP contribution < -0.4 is 4.74 Å². The van der Waals surface area contributed by atoms with Crippen molar-refractivity contribution in [3.63, 3.8) is 0 Å². The SMILES string of the molecule is CCOC(=O)C1N=C1CCc1ccc(OC(F)(F)F)cc1. The Morgan fingerprint density at radius 1 is 1.24 bits per heavy atom. The molecule has 0 bridgehead atoms. The van der Waals surface area contributed by atoms with Gasteiger partial charge in [-0.05, 0) is 37.5 Å². The molecule has 1 heterocycles. The maximum Gasteiger partial charge on any atom is 0.573 e. The van der Waals surface area contributed by atoms with Crippen LogP contribution in [0, 0.1) is 0 Å². The molecular weight excluding hydrogens is 287 g/mol. The lowest BCUT2D eigenvalue weighted by Gasteiger charge is -2.09. The number of rotatable bonds is 6. The summed E-state index contributed by atoms with van der Waals surface area (Å²) in [5.41, 5.74) is 1.62. The van der Waals surface area contributed by atoms with E-state index in [0.717, 1.165) is 11.3 Å². The van der Waals surface area contributed by atoms with Crippen LogP contribution in [0.25, 0.3) is 0 Å². The van der Waals surface area contributed by atoms with Crippen molar-refractivity contribution in [1.29, 1.82) is 0 Å². The average Bonchev–Trinajstić information content (AvgIpc) is 3.16. The van der Waals surface area contributed by atoms with Gasteiger partial charge in [-0.2, -0.15) is 0 Å². The summed E-state index contributed by atoms with van der Waals surface area (Å²) >= 11 is 0. The number of esters is 1. The van der Waals surface area contributed by atoms with Crippen molar-refractivity contribution >= 4 is 11.7 Å². The lowest BCUT2D eigenvalue weighted by Crippen LogP contribution is -2.17. The molecule has 0 N–H and O–H groups in total. The van der Waals surface area contributed by atoms with Gasteiger partial charge in [0.25, 0.3) is 0 Å². The first-order chi connectivity index (χ1) is 9.89. The highest BCUT2D eigenvalue weighted by atomic mass is 19.4. The van der Waals surface area contributed by atoms with Gasteiger partial charge >= 0.3 is 12.3 Å². The van der Waals surface area contributed by atoms with Crippen molar-refractivity contribution in [2.75, 3.05) is 6.61 Å². The highest BCUT2D eigenvalue weighted by Gasteiger charge is 2.35. The Labute approximate surface area is 119 Å². The summed E-state index contributed by atoms with van der Waals surface area (Å²) in [5, 5.41) is 0. The predicted octanol–water partition coefficient (Wildman–Crippen LogP) is 2.90. The fourth-order valence-electron chi connectivity index (χ4n) is 1.87. The predicted molar refractivity (Wildman–Crippen MR) is 69.3 cm³/mol. The fourth-order valence-corrected chi connectivity index (χ4v) is 1.87. The van der Waals surface area contributed by atoms with Crippen LogP contribution in [0.1, 0.15) is 18.9 Å². The number of benzene rings is 1. The second-order valence-electron chi connectivity index (χ2n) is 4.47. The Morgan fingerprint density at radius 2 is 1.90 bits per heavy atom. The van der Waals surface area contributed by atoms with Crippen LogP contribution in [0.4, 0.5) is 13.2 Å². The van der Waals surface area contributed by atoms with Crippen molar-refractivity contribution in [3.05, 3.63) is 29.8 Å². The smallest absolute Gasteiger partial charge is 0.464 e. The number of halogens is 3. The molecule has 1 aromatic carbocycles. The van der Waals surface area contributed by atoms with Gasteiger partial charge in [-0.3, -0.25) is 4.99 Å². The standard InChI is InChI=1S/C14H14F3NO3/c1-2-20-13(19)12-11(18-12)8-5-9-3-6-10(7-4-9)21-14(15,16)17/h3-4,6-7,12H,2,5,8H2,1H3. The summed E-state index contributed by atoms with van der Waals surface area (Å²) < 4.78 is 44.6. The zero-order chi connectivity index (χ0) is 15.5. The number of carbonyl (C=O) groups is 1. The number of aryl methyl sites for hydroxylation is 1. The van der Waals surface area contributed by atoms with Gasteiger partial charge in [0, 0.05) is 0 Å². The molecule has 0 fully saturated rings. The van der Waals surface area contributed by atoms with E-state index in [1.54, 1.807) is 19.1 Å². The van der Waals surface area contributed by atoms with Gasteiger partial charge in [-0.1, -0.05) is 12.1 Å². The lowest BCUT2D eigenvalue weighted by molar-refractivity contribution is -0.274. The molecule has 21 heavy (non-hydrogen) atoms. The van der Waals surface area contributed by atoms with E-state index in [9.17, 15) is 18.0 Å². The number of aliphatic imine (C=N–C) groups is 1. The quantitative estimate of drug-likeness (QED) is 0.759. The molecule has 4 nitrogen and oxygen atoms in total. The van der Waals surface area contributed by atoms with Gasteiger partial charge in [-0.25, -0.2) is 4.79 Å². The van der Waals surface area contributed by atoms with Crippen LogP contribution in [0.5, 0.6) is 5.75 Å². The molecule has 1 unspecified atom stereocenters. The van der Waals surface area contributed by atoms with Crippen LogP contribution >= 0.6 is 0 Å². The Kier molecular flexibility index (Phi) is 4.50. The van der Waals surface area contributed by atoms with E-state index in [2.05, 4.69) is 9.73 Å². The summed E-state index contributed by atoms with van der Waals surface area (Å²) in [6, 6.07) is 5.19. The molecule has 0 aliphatic carbocycles. The summed E-state index contributed by atoms with van der Waals surface area (Å²) in [6.07, 6.45) is -3.50. The van der Waals surface area contributed by atoms with Gasteiger partial charge in [0.1, 0.15) is 5.75 Å². The topological polar surface area (TPSA) is 47.9 Å². The van der Waals surface area contributed by atoms with Gasteiger partial charge in [0.15, 0.2) is 6.04 Å². The number of hydrogen-bond donors (Lipinski definition) is 0. The molecular formula is C14H14F3NO3. The Morgan fingerprint density at radius 3 is 2.48 bits per heavy atom. The fraction of sp³-hybridized carbons (Fsp3) is 0.429. The Hall–Kier alpha value is -2.05. The molecule has 1 atom stereocenters. The number of nitrogens with zero attached hydrogens (tertiary/aromatic N) is 1. The first-order valence-corrected chi connectivity index (χ1v) is 6.47. The molecule has 2 rings (SSSR count). The highest BCUT2D eigenvalue weighted by Crippen LogP contribution is 2.24. The summed E-state index contributed by atoms with van der Waals surface area (Å²) in [4.78, 5) is 15.4. The van der Waals surface area contributed by atoms with E-state index >= 15 is 0 Å². The molecule has 1 aromatic rings. The van der Waals surface area contributed by atoms with Crippen LogP contribution in [0.3, 0.4) is 0 Å². The van der Waals surface area contributed by atoms with E-state index in [-0.39, 0.29) is 11.7 Å². The first-order valence-electron chi connectivity index (χ1n) is 6.47. The molecule has 114 valence electrons. The molecule has 0 spiro atoms. The molecule has 0 radical (unpaired) electrons. The minimum atomic E-state index is -4.68. The molecule has 0 saturated heterocycles. The van der Waals surface area contributed by atoms with Gasteiger partial charge in [-0.15, -0.1) is 13.2 Å². The summed E-state index contributed by atoms with van der Waals surface area (Å²) in [6.45, 7) is 2.04. The van der Waals surface area contributed by atoms with Crippen LogP contribution in [0.15, 0.2) is 29.3 Å². The van der Waals surface area contributed by atoms with Gasteiger partial charge < -0.3 is 9.47 Å². The minimum absolute atomic E-state index is 0.251. The lowest BCUT2D eigenvalue weighted by atomic mass is 10.1. The van der Waals surface area contributed by atoms with Crippen molar-refractivity contribution in [2.24, 2.45) is 4.99 Å². The molecule has 1 aliphatic heterocycles. The monoisotopic (exact) mass is 301 g/mol. The number of hydrogen-bond acceptors (Lipinski definition) is 4. The molecule has 0 aromatic heterocycles. The maximum atomic E-state index is 12.0. The highest BCUT2D eigenvalue weighted by molar-refractivity contribution is 6.16. The van der Waals surface area contributed by atoms with Gasteiger partial charge in [0.05, 0.1) is 12.3 Å². The van der Waals surface area contributed by atoms with E-state index in [1.165, 1.54) is 12.1 Å². The molecule has 7 heteroatoms. The first kappa shape index (κ1) is 15.3. The summed E-state index contributed by atoms with van der Waals surface area (Å²) in [7, 11) is 0. The molecule has 0 amide bonds. The van der Waals surface area contributed by atoms with E-state index in [1.807, 2.05) is 0 Å². The maximum absolute atomic E-state index is 12.0. The van der Waals surface area contributed by atoms with Crippen LogP contribution in [-0.2, 0) is 16.0 Å². The second kappa shape index (κ2) is 6.15. The Balaban J connectivity index is 1.78. The Bertz CT molecular complexity index is 537. The van der Waals surface area contributed by atoms with Crippen molar-refractivity contribution in [3.8, 4) is 5.75 Å². The van der Waals surface area contributed by atoms with Crippen molar-refractivity contribution in [2.45, 2.75) is 32.2 Å². The molecule has 1 aliphatic rings. The third-order valence-electron chi connectivity index (χ3n) is 2.88. The van der Waals surface area contributed by atoms with Crippen molar-refractivity contribution in [1.82, 2.24) is 0 Å². The average molecular weight is 301 g/mol. The van der Waals surface area contributed by atoms with Gasteiger partial charge in [0.2, 0.25) is 0 Å². The van der Waals surface area contributed by atoms with Crippen LogP contribution in [-0.4, -0.2) is 30.7 Å². The normalized spacial score (nSPS) is 17.1. The zero-order valence-corrected chi connectivity index (χ0v) is 11.3. The van der Waals surface area contributed by atoms with Crippen LogP contribution in [0.2, 0.25) is 0 Å². The second-order valence-corrected chi connectivity index (χ2v) is 4.47.